The van der Waals surface area contributed by atoms with Crippen LogP contribution in [-0.2, 0) is 0 Å². The number of benzene rings is 8. The maximum atomic E-state index is 4.02. The Morgan fingerprint density at radius 2 is 1.24 bits per heavy atom. The lowest BCUT2D eigenvalue weighted by molar-refractivity contribution is 0.613. The van der Waals surface area contributed by atoms with Gasteiger partial charge < -0.3 is 29.8 Å². The van der Waals surface area contributed by atoms with Crippen molar-refractivity contribution in [2.75, 3.05) is 29.8 Å². The largest absolute Gasteiger partial charge is 0.356 e. The third-order valence-corrected chi connectivity index (χ3v) is 17.7. The van der Waals surface area contributed by atoms with Crippen molar-refractivity contribution in [3.63, 3.8) is 0 Å². The fraction of sp³-hybridized carbons (Fsp3) is 0.122. The van der Waals surface area contributed by atoms with E-state index in [-0.39, 0.29) is 12.8 Å². The van der Waals surface area contributed by atoms with E-state index in [1.165, 1.54) is 33.4 Å². The highest BCUT2D eigenvalue weighted by Gasteiger charge is 2.47. The number of nitrogens with one attached hydrogen (secondary N) is 1. The summed E-state index contributed by atoms with van der Waals surface area (Å²) in [6.45, 7) is 4.29. The van der Waals surface area contributed by atoms with E-state index in [1.807, 2.05) is 0 Å². The minimum atomic E-state index is -0.147. The molecule has 8 aromatic carbocycles. The van der Waals surface area contributed by atoms with Gasteiger partial charge in [-0.2, -0.15) is 0 Å². The van der Waals surface area contributed by atoms with Crippen molar-refractivity contribution >= 4 is 81.8 Å². The van der Waals surface area contributed by atoms with Gasteiger partial charge in [0.25, 0.3) is 6.71 Å². The number of anilines is 10. The monoisotopic (exact) mass is 1160 g/mol. The van der Waals surface area contributed by atoms with Crippen LogP contribution >= 0.6 is 0 Å². The first-order chi connectivity index (χ1) is 44.6. The Morgan fingerprint density at radius 1 is 0.611 bits per heavy atom. The number of fused-ring (bicyclic) bond motifs is 4. The third kappa shape index (κ3) is 11.4. The van der Waals surface area contributed by atoms with Gasteiger partial charge in [-0.3, -0.25) is 0 Å². The number of allylic oxidation sites excluding steroid dienone is 14. The summed E-state index contributed by atoms with van der Waals surface area (Å²) in [5, 5.41) is 4.02. The average Bonchev–Trinajstić information content (AvgIpc) is 1.08. The standard InChI is InChI=1S/C82H71B2N6/c1-3-33-75-61(4-2)52-54-77-73(56-57-83-81-74(85-62-34-15-8-16-35-62)58-71(60-79(81)88(75)67-44-25-12-26-45-67)87(65-40-21-10-22-41-65)66-42-23-11-24-43-66)84-72-50-31-32-51-76(72)89(68-46-27-13-28-47-68)78-55-53-70(59-80(82(78)84)90(77)69-48-29-14-30-49-69)86(64-38-19-9-20-39-64)63-36-17-6-5-7-18-37-63/h3,8-12,14-17,19-27,29-46,48-54,56-60,68,85H,4,6,13,18,28,47,55H2,1-2H3/b33-3-,36-17?,54-52-,57-56+,63-37?,75-61-. The number of para-hydroxylation sites is 7. The van der Waals surface area contributed by atoms with E-state index in [1.54, 1.807) is 0 Å². The highest BCUT2D eigenvalue weighted by molar-refractivity contribution is 6.89. The summed E-state index contributed by atoms with van der Waals surface area (Å²) < 4.78 is 0. The smallest absolute Gasteiger partial charge is 0.251 e. The van der Waals surface area contributed by atoms with E-state index in [4.69, 9.17) is 0 Å². The number of nitrogens with zero attached hydrogens (tertiary/aromatic N) is 5. The summed E-state index contributed by atoms with van der Waals surface area (Å²) >= 11 is 0. The second-order valence-electron chi connectivity index (χ2n) is 23.2. The molecule has 0 aromatic heterocycles. The molecule has 6 aliphatic rings. The molecular formula is C82H71B2N6. The highest BCUT2D eigenvalue weighted by Crippen LogP contribution is 2.49. The van der Waals surface area contributed by atoms with Gasteiger partial charge in [-0.05, 0) is 181 Å². The van der Waals surface area contributed by atoms with Crippen molar-refractivity contribution in [3.8, 4) is 11.8 Å². The molecule has 1 N–H and O–H groups in total. The molecule has 435 valence electrons. The Kier molecular flexibility index (Phi) is 16.8. The van der Waals surface area contributed by atoms with E-state index >= 15 is 0 Å². The van der Waals surface area contributed by atoms with Gasteiger partial charge in [-0.25, -0.2) is 0 Å². The molecule has 0 saturated carbocycles. The zero-order chi connectivity index (χ0) is 60.6. The van der Waals surface area contributed by atoms with Crippen molar-refractivity contribution in [2.24, 2.45) is 0 Å². The zero-order valence-electron chi connectivity index (χ0n) is 51.2. The Balaban J connectivity index is 1.07. The van der Waals surface area contributed by atoms with Crippen molar-refractivity contribution in [1.29, 1.82) is 0 Å². The van der Waals surface area contributed by atoms with Crippen LogP contribution in [0.25, 0.3) is 0 Å². The maximum Gasteiger partial charge on any atom is 0.251 e. The minimum absolute atomic E-state index is 0.147. The van der Waals surface area contributed by atoms with Crippen LogP contribution in [0.2, 0.25) is 0 Å². The van der Waals surface area contributed by atoms with Crippen LogP contribution in [0, 0.1) is 11.8 Å². The fourth-order valence-electron chi connectivity index (χ4n) is 13.8. The molecule has 14 rings (SSSR count). The number of hydrogen-bond acceptors (Lipinski definition) is 6. The van der Waals surface area contributed by atoms with Crippen molar-refractivity contribution < 1.29 is 0 Å². The van der Waals surface area contributed by atoms with E-state index in [0.717, 1.165) is 117 Å². The maximum absolute atomic E-state index is 4.02. The van der Waals surface area contributed by atoms with Crippen LogP contribution < -0.4 is 40.7 Å². The highest BCUT2D eigenvalue weighted by atomic mass is 15.2. The molecule has 0 amide bonds. The van der Waals surface area contributed by atoms with E-state index in [2.05, 4.69) is 360 Å². The van der Waals surface area contributed by atoms with Gasteiger partial charge in [-0.1, -0.05) is 189 Å². The summed E-state index contributed by atoms with van der Waals surface area (Å²) in [6.07, 6.45) is 34.6. The Labute approximate surface area is 533 Å². The topological polar surface area (TPSA) is 28.2 Å². The summed E-state index contributed by atoms with van der Waals surface area (Å²) in [6, 6.07) is 79.2. The Morgan fingerprint density at radius 3 is 1.91 bits per heavy atom. The summed E-state index contributed by atoms with van der Waals surface area (Å²) in [5.74, 6) is 9.09. The molecule has 1 atom stereocenters. The lowest BCUT2D eigenvalue weighted by Crippen LogP contribution is -2.53. The SMILES string of the molecule is C\C=C/C1=C(CC)/C=C\C2=C(/C=C/[B]c3c(Nc4ccccc4)cc(N(c4ccccc4)c4ccccc4)cc3N1c1ccccc1)B1C3=C(CC=C(N(C4=CCC#CCC=C4)c4ccccc4)C=C3N2c2ccccc2)N(C2C=CCCC2)c2ccccc21. The molecular weight excluding hydrogens is 1090 g/mol. The van der Waals surface area contributed by atoms with E-state index < -0.39 is 0 Å². The predicted molar refractivity (Wildman–Crippen MR) is 383 cm³/mol. The lowest BCUT2D eigenvalue weighted by atomic mass is 9.31. The average molecular weight is 1160 g/mol. The van der Waals surface area contributed by atoms with Crippen molar-refractivity contribution in [3.05, 3.63) is 348 Å². The molecule has 8 aromatic rings. The Bertz CT molecular complexity index is 4330. The van der Waals surface area contributed by atoms with Crippen molar-refractivity contribution in [1.82, 2.24) is 0 Å². The quantitative estimate of drug-likeness (QED) is 0.0703. The second-order valence-corrected chi connectivity index (χ2v) is 23.2. The number of hydrogen-bond donors (Lipinski definition) is 1. The van der Waals surface area contributed by atoms with Gasteiger partial charge in [-0.15, -0.1) is 5.98 Å². The molecule has 0 fully saturated rings. The van der Waals surface area contributed by atoms with E-state index in [9.17, 15) is 0 Å². The van der Waals surface area contributed by atoms with Crippen LogP contribution in [0.5, 0.6) is 0 Å². The first kappa shape index (κ1) is 57.2. The molecule has 1 radical (unpaired) electrons. The molecule has 1 unspecified atom stereocenters. The third-order valence-electron chi connectivity index (χ3n) is 17.7. The first-order valence-corrected chi connectivity index (χ1v) is 31.9. The second kappa shape index (κ2) is 26.4. The zero-order valence-corrected chi connectivity index (χ0v) is 51.2. The molecule has 3 heterocycles. The number of rotatable bonds is 13. The van der Waals surface area contributed by atoms with Gasteiger partial charge in [0, 0.05) is 105 Å². The van der Waals surface area contributed by atoms with Gasteiger partial charge in [0.05, 0.1) is 11.7 Å². The van der Waals surface area contributed by atoms with Crippen LogP contribution in [-0.4, -0.2) is 20.0 Å². The minimum Gasteiger partial charge on any atom is -0.356 e. The molecule has 3 aliphatic carbocycles. The van der Waals surface area contributed by atoms with E-state index in [0.29, 0.717) is 12.8 Å². The molecule has 0 spiro atoms. The molecule has 8 heteroatoms. The van der Waals surface area contributed by atoms with Gasteiger partial charge in [0.15, 0.2) is 7.28 Å². The fourth-order valence-corrected chi connectivity index (χ4v) is 13.8. The van der Waals surface area contributed by atoms with Crippen LogP contribution in [0.4, 0.5) is 56.9 Å². The molecule has 6 nitrogen and oxygen atoms in total. The first-order valence-electron chi connectivity index (χ1n) is 31.9. The lowest BCUT2D eigenvalue weighted by Gasteiger charge is -2.47. The van der Waals surface area contributed by atoms with Crippen LogP contribution in [0.1, 0.15) is 58.8 Å². The van der Waals surface area contributed by atoms with Crippen molar-refractivity contribution in [2.45, 2.75) is 64.8 Å². The normalized spacial score (nSPS) is 18.5. The van der Waals surface area contributed by atoms with Crippen LogP contribution in [0.3, 0.4) is 0 Å². The predicted octanol–water partition coefficient (Wildman–Crippen LogP) is 19.0. The summed E-state index contributed by atoms with van der Waals surface area (Å²) in [4.78, 5) is 12.6. The van der Waals surface area contributed by atoms with Crippen LogP contribution in [0.15, 0.2) is 348 Å². The molecule has 0 saturated heterocycles. The Hall–Kier alpha value is -10.6. The summed E-state index contributed by atoms with van der Waals surface area (Å²) in [7, 11) is 2.36. The van der Waals surface area contributed by atoms with Gasteiger partial charge >= 0.3 is 0 Å². The molecule has 0 bridgehead atoms. The molecule has 3 aliphatic heterocycles. The van der Waals surface area contributed by atoms with Gasteiger partial charge in [0.1, 0.15) is 0 Å². The molecule has 90 heavy (non-hydrogen) atoms. The summed E-state index contributed by atoms with van der Waals surface area (Å²) in [5.41, 5.74) is 23.5. The van der Waals surface area contributed by atoms with Gasteiger partial charge in [0.2, 0.25) is 0 Å².